The van der Waals surface area contributed by atoms with Crippen molar-refractivity contribution in [1.29, 1.82) is 0 Å². The number of unbranched alkanes of at least 4 members (excludes halogenated alkanes) is 4. The fourth-order valence-electron chi connectivity index (χ4n) is 8.23. The van der Waals surface area contributed by atoms with Crippen LogP contribution in [-0.2, 0) is 36.8 Å². The average Bonchev–Trinajstić information content (AvgIpc) is 3.30. The number of fused-ring (bicyclic) bond motifs is 5. The van der Waals surface area contributed by atoms with Crippen LogP contribution in [-0.4, -0.2) is 94.0 Å². The first-order chi connectivity index (χ1) is 32.1. The highest BCUT2D eigenvalue weighted by Crippen LogP contribution is 2.39. The Morgan fingerprint density at radius 1 is 0.776 bits per heavy atom. The number of phenols is 2. The van der Waals surface area contributed by atoms with E-state index in [9.17, 15) is 44.1 Å². The third-order valence-corrected chi connectivity index (χ3v) is 12.2. The standard InChI is InChI=1S/C52H66N6O9/c1-32(2)11-7-5-6-8-12-34-14-17-36(18-15-34)37-19-21-38(22-20-37)49(63)54-28-26-46(61)56-42(13-9-10-27-53)51(65)58(4)47-39-23-25-45(60)41(31-39)40-29-35(16-24-44(40)59)30-43(52(66)67)57-48(62)33(3)55-50(47)64/h14-25,29,31-33,42-43,47,59-60H,5-13,26-28,30,53H2,1-4H3,(H,54,63)(H,55,64)(H,56,61)(H,57,62)(H,66,67)/p+1/t33-,42-,43-,47-/m0/s1. The molecule has 1 aliphatic heterocycles. The van der Waals surface area contributed by atoms with E-state index in [0.29, 0.717) is 30.5 Å². The van der Waals surface area contributed by atoms with E-state index in [0.717, 1.165) is 28.4 Å². The maximum Gasteiger partial charge on any atom is 0.326 e. The molecule has 0 saturated carbocycles. The molecule has 4 aromatic rings. The Morgan fingerprint density at radius 2 is 1.40 bits per heavy atom. The van der Waals surface area contributed by atoms with E-state index in [4.69, 9.17) is 0 Å². The van der Waals surface area contributed by atoms with Crippen LogP contribution in [0.3, 0.4) is 0 Å². The molecule has 0 spiro atoms. The lowest BCUT2D eigenvalue weighted by Crippen LogP contribution is -2.55. The summed E-state index contributed by atoms with van der Waals surface area (Å²) >= 11 is 0. The molecule has 67 heavy (non-hydrogen) atoms. The molecular formula is C52H67N6O9+. The molecule has 358 valence electrons. The highest BCUT2D eigenvalue weighted by atomic mass is 16.4. The number of hydrogen-bond acceptors (Lipinski definition) is 8. The smallest absolute Gasteiger partial charge is 0.326 e. The normalized spacial score (nSPS) is 16.5. The number of rotatable bonds is 20. The molecule has 1 aliphatic rings. The Labute approximate surface area is 392 Å². The van der Waals surface area contributed by atoms with Crippen LogP contribution in [0.1, 0.15) is 112 Å². The summed E-state index contributed by atoms with van der Waals surface area (Å²) in [5.41, 5.74) is 8.51. The Morgan fingerprint density at radius 3 is 2.06 bits per heavy atom. The molecule has 1 heterocycles. The first kappa shape index (κ1) is 51.2. The van der Waals surface area contributed by atoms with E-state index in [1.165, 1.54) is 88.0 Å². The van der Waals surface area contributed by atoms with Crippen molar-refractivity contribution in [2.75, 3.05) is 20.1 Å². The second-order valence-corrected chi connectivity index (χ2v) is 17.9. The van der Waals surface area contributed by atoms with Gasteiger partial charge in [0.2, 0.25) is 23.6 Å². The van der Waals surface area contributed by atoms with E-state index >= 15 is 0 Å². The number of nitrogens with zero attached hydrogens (tertiary/aromatic N) is 1. The summed E-state index contributed by atoms with van der Waals surface area (Å²) in [7, 11) is 1.38. The summed E-state index contributed by atoms with van der Waals surface area (Å²) < 4.78 is 0. The number of nitrogens with one attached hydrogen (secondary N) is 4. The molecule has 15 heteroatoms. The fraction of sp³-hybridized carbons (Fsp3) is 0.423. The number of amides is 5. The van der Waals surface area contributed by atoms with Gasteiger partial charge in [-0.2, -0.15) is 0 Å². The lowest BCUT2D eigenvalue weighted by molar-refractivity contribution is -0.368. The number of benzene rings is 4. The molecule has 4 atom stereocenters. The van der Waals surface area contributed by atoms with Gasteiger partial charge >= 0.3 is 5.97 Å². The molecule has 15 nitrogen and oxygen atoms in total. The second kappa shape index (κ2) is 24.7. The van der Waals surface area contributed by atoms with Crippen molar-refractivity contribution in [3.05, 3.63) is 107 Å². The lowest BCUT2D eigenvalue weighted by atomic mass is 9.93. The number of hydrogen-bond donors (Lipinski definition) is 8. The topological polar surface area (TPSA) is 242 Å². The number of aromatic hydroxyl groups is 2. The minimum atomic E-state index is -1.43. The van der Waals surface area contributed by atoms with E-state index in [2.05, 4.69) is 65.1 Å². The average molecular weight is 920 g/mol. The van der Waals surface area contributed by atoms with Gasteiger partial charge in [-0.15, -0.1) is 0 Å². The van der Waals surface area contributed by atoms with Gasteiger partial charge in [-0.25, -0.2) is 4.79 Å². The van der Waals surface area contributed by atoms with Crippen molar-refractivity contribution in [1.82, 2.24) is 26.2 Å². The number of carboxylic acids is 1. The first-order valence-electron chi connectivity index (χ1n) is 23.4. The van der Waals surface area contributed by atoms with Gasteiger partial charge in [-0.3, -0.25) is 24.0 Å². The Bertz CT molecular complexity index is 2350. The zero-order chi connectivity index (χ0) is 48.6. The Balaban J connectivity index is 1.25. The molecule has 0 aliphatic carbocycles. The molecule has 5 rings (SSSR count). The zero-order valence-corrected chi connectivity index (χ0v) is 39.1. The molecule has 5 amide bonds. The van der Waals surface area contributed by atoms with Crippen molar-refractivity contribution in [2.45, 2.75) is 116 Å². The monoisotopic (exact) mass is 919 g/mol. The van der Waals surface area contributed by atoms with Gasteiger partial charge in [0.1, 0.15) is 35.7 Å². The molecule has 0 aromatic heterocycles. The van der Waals surface area contributed by atoms with Gasteiger partial charge in [-0.1, -0.05) is 88.1 Å². The number of carbonyl (C=O) groups excluding carboxylic acids is 5. The van der Waals surface area contributed by atoms with E-state index in [1.807, 2.05) is 12.1 Å². The van der Waals surface area contributed by atoms with Crippen molar-refractivity contribution in [3.63, 3.8) is 0 Å². The molecule has 0 unspecified atom stereocenters. The molecule has 0 saturated heterocycles. The number of likely N-dealkylation sites (N-methyl/N-ethyl adjacent to an activating group) is 1. The highest BCUT2D eigenvalue weighted by Gasteiger charge is 2.36. The molecule has 10 N–H and O–H groups in total. The number of quaternary nitrogens is 1. The van der Waals surface area contributed by atoms with Gasteiger partial charge < -0.3 is 47.2 Å². The van der Waals surface area contributed by atoms with Gasteiger partial charge in [0, 0.05) is 43.1 Å². The summed E-state index contributed by atoms with van der Waals surface area (Å²) in [6.07, 6.45) is 8.36. The molecule has 0 radical (unpaired) electrons. The lowest BCUT2D eigenvalue weighted by Gasteiger charge is -2.32. The van der Waals surface area contributed by atoms with Gasteiger partial charge in [0.25, 0.3) is 5.91 Å². The Hall–Kier alpha value is -6.74. The van der Waals surface area contributed by atoms with E-state index in [1.54, 1.807) is 12.1 Å². The maximum absolute atomic E-state index is 14.4. The van der Waals surface area contributed by atoms with Crippen LogP contribution in [0, 0.1) is 5.92 Å². The fourth-order valence-corrected chi connectivity index (χ4v) is 8.23. The minimum absolute atomic E-state index is 0.0146. The summed E-state index contributed by atoms with van der Waals surface area (Å²) in [4.78, 5) is 81.7. The molecule has 0 fully saturated rings. The highest BCUT2D eigenvalue weighted by molar-refractivity contribution is 5.97. The van der Waals surface area contributed by atoms with E-state index in [-0.39, 0.29) is 59.9 Å². The predicted octanol–water partition coefficient (Wildman–Crippen LogP) is 5.43. The molecular weight excluding hydrogens is 853 g/mol. The van der Waals surface area contributed by atoms with Gasteiger partial charge in [0.05, 0.1) is 6.54 Å². The number of phenolic OH excluding ortho intramolecular Hbond substituents is 2. The second-order valence-electron chi connectivity index (χ2n) is 17.9. The minimum Gasteiger partial charge on any atom is -0.507 e. The predicted molar refractivity (Wildman–Crippen MR) is 256 cm³/mol. The quantitative estimate of drug-likeness (QED) is 0.0527. The van der Waals surface area contributed by atoms with Crippen LogP contribution in [0.15, 0.2) is 84.9 Å². The SMILES string of the molecule is CC(C)CCCCCCc1ccc(-c2ccc(C(=O)NCCC(=O)N[C@@H](CCCC[NH3+])C(=O)N(C)[C@@H]3C(=O)N[C@@H](C)C(=O)N[C@H](C(=O)O)Cc4ccc(O)c(c4)-c4cc3ccc4O)cc2)cc1. The van der Waals surface area contributed by atoms with Crippen LogP contribution in [0.4, 0.5) is 0 Å². The van der Waals surface area contributed by atoms with Crippen LogP contribution < -0.4 is 27.0 Å². The van der Waals surface area contributed by atoms with Crippen LogP contribution in [0.2, 0.25) is 0 Å². The van der Waals surface area contributed by atoms with E-state index < -0.39 is 53.8 Å². The third-order valence-electron chi connectivity index (χ3n) is 12.2. The van der Waals surface area contributed by atoms with Crippen molar-refractivity contribution in [2.24, 2.45) is 5.92 Å². The molecule has 4 aromatic carbocycles. The first-order valence-corrected chi connectivity index (χ1v) is 23.4. The van der Waals surface area contributed by atoms with Crippen molar-refractivity contribution in [3.8, 4) is 33.8 Å². The number of aryl methyl sites for hydroxylation is 1. The van der Waals surface area contributed by atoms with Crippen LogP contribution >= 0.6 is 0 Å². The van der Waals surface area contributed by atoms with Crippen LogP contribution in [0.5, 0.6) is 11.5 Å². The summed E-state index contributed by atoms with van der Waals surface area (Å²) in [6.45, 7) is 6.48. The van der Waals surface area contributed by atoms with Crippen molar-refractivity contribution < 1.29 is 49.8 Å². The number of aliphatic carboxylic acids is 1. The number of carbonyl (C=O) groups is 6. The van der Waals surface area contributed by atoms with Crippen molar-refractivity contribution >= 4 is 35.5 Å². The Kier molecular flexibility index (Phi) is 18.9. The summed E-state index contributed by atoms with van der Waals surface area (Å²) in [5.74, 6) is -4.17. The maximum atomic E-state index is 14.4. The zero-order valence-electron chi connectivity index (χ0n) is 39.1. The third kappa shape index (κ3) is 14.6. The van der Waals surface area contributed by atoms with Crippen LogP contribution in [0.25, 0.3) is 22.3 Å². The number of carboxylic acid groups (broad SMARTS) is 1. The van der Waals surface area contributed by atoms with Gasteiger partial charge in [-0.05, 0) is 109 Å². The summed E-state index contributed by atoms with van der Waals surface area (Å²) in [6, 6.07) is 19.1. The van der Waals surface area contributed by atoms with Gasteiger partial charge in [0.15, 0.2) is 0 Å². The largest absolute Gasteiger partial charge is 0.507 e. The molecule has 4 bridgehead atoms. The summed E-state index contributed by atoms with van der Waals surface area (Å²) in [5, 5.41) is 42.4.